The molecular weight excluding hydrogens is 266 g/mol. The Morgan fingerprint density at radius 2 is 2.19 bits per heavy atom. The number of benzene rings is 1. The number of rotatable bonds is 6. The highest BCUT2D eigenvalue weighted by Crippen LogP contribution is 2.20. The van der Waals surface area contributed by atoms with Crippen molar-refractivity contribution in [1.82, 2.24) is 10.2 Å². The molecule has 0 aliphatic heterocycles. The van der Waals surface area contributed by atoms with E-state index in [9.17, 15) is 4.79 Å². The fourth-order valence-electron chi connectivity index (χ4n) is 1.95. The maximum Gasteiger partial charge on any atom is 0.229 e. The molecule has 2 N–H and O–H groups in total. The number of aromatic nitrogens is 2. The summed E-state index contributed by atoms with van der Waals surface area (Å²) in [5, 5.41) is 9.63. The lowest BCUT2D eigenvalue weighted by atomic mass is 10.1. The molecule has 0 aliphatic carbocycles. The second-order valence-corrected chi connectivity index (χ2v) is 4.98. The summed E-state index contributed by atoms with van der Waals surface area (Å²) in [7, 11) is 0. The third-order valence-electron chi connectivity index (χ3n) is 3.42. The molecule has 0 spiro atoms. The molecule has 0 bridgehead atoms. The summed E-state index contributed by atoms with van der Waals surface area (Å²) in [5.41, 5.74) is 3.29. The fourth-order valence-corrected chi connectivity index (χ4v) is 1.95. The molecule has 2 rings (SSSR count). The molecule has 5 heteroatoms. The molecule has 0 aliphatic rings. The Labute approximate surface area is 124 Å². The van der Waals surface area contributed by atoms with E-state index in [2.05, 4.69) is 15.5 Å². The minimum Gasteiger partial charge on any atom is -0.493 e. The van der Waals surface area contributed by atoms with Crippen LogP contribution < -0.4 is 10.1 Å². The second kappa shape index (κ2) is 6.92. The Bertz CT molecular complexity index is 620. The van der Waals surface area contributed by atoms with Crippen LogP contribution >= 0.6 is 0 Å². The number of aromatic amines is 1. The molecule has 21 heavy (non-hydrogen) atoms. The first kappa shape index (κ1) is 15.1. The lowest BCUT2D eigenvalue weighted by Crippen LogP contribution is -2.15. The Morgan fingerprint density at radius 3 is 2.90 bits per heavy atom. The molecule has 0 saturated heterocycles. The highest BCUT2D eigenvalue weighted by Gasteiger charge is 2.07. The average Bonchev–Trinajstić information content (AvgIpc) is 2.91. The summed E-state index contributed by atoms with van der Waals surface area (Å²) in [4.78, 5) is 11.8. The van der Waals surface area contributed by atoms with E-state index in [1.54, 1.807) is 0 Å². The Morgan fingerprint density at radius 1 is 1.38 bits per heavy atom. The Kier molecular flexibility index (Phi) is 4.98. The van der Waals surface area contributed by atoms with Crippen LogP contribution in [0.2, 0.25) is 0 Å². The number of nitrogens with zero attached hydrogens (tertiary/aromatic N) is 1. The Balaban J connectivity index is 1.80. The van der Waals surface area contributed by atoms with Gasteiger partial charge in [-0.25, -0.2) is 0 Å². The van der Waals surface area contributed by atoms with Gasteiger partial charge in [-0.3, -0.25) is 9.89 Å². The zero-order chi connectivity index (χ0) is 15.2. The van der Waals surface area contributed by atoms with Gasteiger partial charge in [-0.1, -0.05) is 19.1 Å². The number of aryl methyl sites for hydroxylation is 2. The van der Waals surface area contributed by atoms with E-state index in [-0.39, 0.29) is 5.91 Å². The van der Waals surface area contributed by atoms with Gasteiger partial charge in [0.05, 0.1) is 13.0 Å². The molecule has 5 nitrogen and oxygen atoms in total. The zero-order valence-electron chi connectivity index (χ0n) is 12.7. The summed E-state index contributed by atoms with van der Waals surface area (Å²) < 4.78 is 5.66. The van der Waals surface area contributed by atoms with Crippen LogP contribution in [0.5, 0.6) is 5.75 Å². The number of hydrogen-bond donors (Lipinski definition) is 2. The van der Waals surface area contributed by atoms with Crippen LogP contribution in [-0.2, 0) is 11.2 Å². The van der Waals surface area contributed by atoms with Crippen LogP contribution in [0, 0.1) is 13.8 Å². The fraction of sp³-hybridized carbons (Fsp3) is 0.375. The van der Waals surface area contributed by atoms with Gasteiger partial charge in [0.15, 0.2) is 5.82 Å². The van der Waals surface area contributed by atoms with Gasteiger partial charge < -0.3 is 10.1 Å². The van der Waals surface area contributed by atoms with Gasteiger partial charge in [0.2, 0.25) is 5.91 Å². The molecule has 1 aromatic heterocycles. The number of anilines is 1. The van der Waals surface area contributed by atoms with Crippen molar-refractivity contribution >= 4 is 11.7 Å². The maximum atomic E-state index is 11.8. The van der Waals surface area contributed by atoms with Gasteiger partial charge in [0.25, 0.3) is 0 Å². The van der Waals surface area contributed by atoms with Crippen LogP contribution in [0.4, 0.5) is 5.82 Å². The summed E-state index contributed by atoms with van der Waals surface area (Å²) in [5.74, 6) is 1.29. The van der Waals surface area contributed by atoms with Crippen LogP contribution in [0.25, 0.3) is 0 Å². The highest BCUT2D eigenvalue weighted by atomic mass is 16.5. The van der Waals surface area contributed by atoms with E-state index in [1.165, 1.54) is 5.56 Å². The summed E-state index contributed by atoms with van der Waals surface area (Å²) in [6, 6.07) is 7.75. The van der Waals surface area contributed by atoms with Gasteiger partial charge >= 0.3 is 0 Å². The van der Waals surface area contributed by atoms with Crippen LogP contribution in [0.3, 0.4) is 0 Å². The second-order valence-electron chi connectivity index (χ2n) is 4.98. The lowest BCUT2D eigenvalue weighted by Gasteiger charge is -2.10. The predicted octanol–water partition coefficient (Wildman–Crippen LogP) is 3.00. The van der Waals surface area contributed by atoms with Crippen LogP contribution in [0.15, 0.2) is 24.3 Å². The van der Waals surface area contributed by atoms with Crippen molar-refractivity contribution in [3.63, 3.8) is 0 Å². The third kappa shape index (κ3) is 4.08. The first-order valence-corrected chi connectivity index (χ1v) is 7.13. The topological polar surface area (TPSA) is 67.0 Å². The number of H-pyrrole nitrogens is 1. The number of ether oxygens (including phenoxy) is 1. The van der Waals surface area contributed by atoms with E-state index in [0.717, 1.165) is 23.4 Å². The summed E-state index contributed by atoms with van der Waals surface area (Å²) in [6.07, 6.45) is 1.15. The minimum absolute atomic E-state index is 0.102. The van der Waals surface area contributed by atoms with Gasteiger partial charge in [-0.05, 0) is 37.5 Å². The van der Waals surface area contributed by atoms with Gasteiger partial charge in [-0.15, -0.1) is 0 Å². The monoisotopic (exact) mass is 287 g/mol. The van der Waals surface area contributed by atoms with Crippen molar-refractivity contribution in [3.05, 3.63) is 41.1 Å². The minimum atomic E-state index is -0.102. The van der Waals surface area contributed by atoms with E-state index in [4.69, 9.17) is 4.74 Å². The number of carbonyl (C=O) groups excluding carboxylic acids is 1. The zero-order valence-corrected chi connectivity index (χ0v) is 12.7. The molecule has 0 saturated carbocycles. The summed E-state index contributed by atoms with van der Waals surface area (Å²) in [6.45, 7) is 6.43. The largest absolute Gasteiger partial charge is 0.493 e. The number of amides is 1. The smallest absolute Gasteiger partial charge is 0.229 e. The first-order chi connectivity index (χ1) is 10.1. The molecule has 2 aromatic rings. The van der Waals surface area contributed by atoms with Gasteiger partial charge in [-0.2, -0.15) is 5.10 Å². The van der Waals surface area contributed by atoms with E-state index >= 15 is 0 Å². The SMILES string of the molecule is CCc1cc(NC(=O)CCOc2cccc(C)c2C)n[nH]1. The van der Waals surface area contributed by atoms with Crippen LogP contribution in [-0.4, -0.2) is 22.7 Å². The van der Waals surface area contributed by atoms with Crippen molar-refractivity contribution in [2.24, 2.45) is 0 Å². The number of carbonyl (C=O) groups is 1. The van der Waals surface area contributed by atoms with Crippen molar-refractivity contribution in [1.29, 1.82) is 0 Å². The van der Waals surface area contributed by atoms with Crippen LogP contribution in [0.1, 0.15) is 30.2 Å². The lowest BCUT2D eigenvalue weighted by molar-refractivity contribution is -0.116. The molecular formula is C16H21N3O2. The van der Waals surface area contributed by atoms with Crippen molar-refractivity contribution < 1.29 is 9.53 Å². The van der Waals surface area contributed by atoms with Crippen molar-refractivity contribution in [2.45, 2.75) is 33.6 Å². The van der Waals surface area contributed by atoms with Crippen molar-refractivity contribution in [3.8, 4) is 5.75 Å². The molecule has 0 atom stereocenters. The number of nitrogens with one attached hydrogen (secondary N) is 2. The maximum absolute atomic E-state index is 11.8. The molecule has 1 aromatic carbocycles. The van der Waals surface area contributed by atoms with E-state index in [0.29, 0.717) is 18.8 Å². The normalized spacial score (nSPS) is 10.4. The Hall–Kier alpha value is -2.30. The van der Waals surface area contributed by atoms with Gasteiger partial charge in [0, 0.05) is 11.8 Å². The summed E-state index contributed by atoms with van der Waals surface area (Å²) >= 11 is 0. The molecule has 0 radical (unpaired) electrons. The molecule has 0 fully saturated rings. The molecule has 1 heterocycles. The van der Waals surface area contributed by atoms with Gasteiger partial charge in [0.1, 0.15) is 5.75 Å². The first-order valence-electron chi connectivity index (χ1n) is 7.13. The van der Waals surface area contributed by atoms with E-state index < -0.39 is 0 Å². The van der Waals surface area contributed by atoms with Crippen molar-refractivity contribution in [2.75, 3.05) is 11.9 Å². The standard InChI is InChI=1S/C16H21N3O2/c1-4-13-10-15(19-18-13)17-16(20)8-9-21-14-7-5-6-11(2)12(14)3/h5-7,10H,4,8-9H2,1-3H3,(H2,17,18,19,20). The molecule has 1 amide bonds. The van der Waals surface area contributed by atoms with E-state index in [1.807, 2.05) is 45.0 Å². The quantitative estimate of drug-likeness (QED) is 0.858. The number of hydrogen-bond acceptors (Lipinski definition) is 3. The highest BCUT2D eigenvalue weighted by molar-refractivity contribution is 5.89. The average molecular weight is 287 g/mol. The third-order valence-corrected chi connectivity index (χ3v) is 3.42. The molecule has 0 unspecified atom stereocenters. The molecule has 112 valence electrons. The predicted molar refractivity (Wildman–Crippen MR) is 82.6 cm³/mol.